The van der Waals surface area contributed by atoms with E-state index in [2.05, 4.69) is 19.1 Å². The number of allylic oxidation sites excluding steroid dienone is 2. The normalized spacial score (nSPS) is 19.4. The first-order valence-electron chi connectivity index (χ1n) is 9.31. The lowest BCUT2D eigenvalue weighted by molar-refractivity contribution is -0.162. The summed E-state index contributed by atoms with van der Waals surface area (Å²) in [5, 5.41) is 0. The topological polar surface area (TPSA) is 18.5 Å². The molecular weight excluding hydrogens is 260 g/mol. The molecular formula is C19H36O2. The zero-order valence-electron chi connectivity index (χ0n) is 14.2. The molecule has 1 aliphatic rings. The lowest BCUT2D eigenvalue weighted by Gasteiger charge is -2.22. The molecule has 2 heteroatoms. The van der Waals surface area contributed by atoms with Gasteiger partial charge in [-0.15, -0.1) is 0 Å². The van der Waals surface area contributed by atoms with Crippen molar-refractivity contribution < 1.29 is 9.47 Å². The minimum Gasteiger partial charge on any atom is -0.353 e. The third kappa shape index (κ3) is 11.9. The molecule has 0 radical (unpaired) electrons. The maximum atomic E-state index is 5.74. The Morgan fingerprint density at radius 2 is 1.62 bits per heavy atom. The molecule has 1 saturated heterocycles. The summed E-state index contributed by atoms with van der Waals surface area (Å²) in [5.74, 6) is 0. The molecule has 0 spiro atoms. The average Bonchev–Trinajstić information content (AvgIpc) is 2.53. The second-order valence-electron chi connectivity index (χ2n) is 6.19. The van der Waals surface area contributed by atoms with E-state index in [0.29, 0.717) is 0 Å². The van der Waals surface area contributed by atoms with Gasteiger partial charge in [0.2, 0.25) is 0 Å². The van der Waals surface area contributed by atoms with Crippen LogP contribution in [0.5, 0.6) is 0 Å². The molecule has 21 heavy (non-hydrogen) atoms. The molecule has 0 aromatic heterocycles. The van der Waals surface area contributed by atoms with Gasteiger partial charge in [0, 0.05) is 13.2 Å². The number of ether oxygens (including phenoxy) is 2. The summed E-state index contributed by atoms with van der Waals surface area (Å²) in [5.41, 5.74) is 0. The van der Waals surface area contributed by atoms with E-state index in [-0.39, 0.29) is 6.29 Å². The van der Waals surface area contributed by atoms with Gasteiger partial charge in [0.15, 0.2) is 6.29 Å². The summed E-state index contributed by atoms with van der Waals surface area (Å²) in [4.78, 5) is 0. The predicted molar refractivity (Wildman–Crippen MR) is 90.5 cm³/mol. The first kappa shape index (κ1) is 18.7. The minimum absolute atomic E-state index is 0.0956. The van der Waals surface area contributed by atoms with Gasteiger partial charge in [-0.3, -0.25) is 0 Å². The quantitative estimate of drug-likeness (QED) is 0.306. The van der Waals surface area contributed by atoms with Crippen molar-refractivity contribution in [1.82, 2.24) is 0 Å². The highest BCUT2D eigenvalue weighted by molar-refractivity contribution is 4.81. The smallest absolute Gasteiger partial charge is 0.157 e. The van der Waals surface area contributed by atoms with E-state index >= 15 is 0 Å². The fourth-order valence-electron chi connectivity index (χ4n) is 2.69. The maximum Gasteiger partial charge on any atom is 0.157 e. The van der Waals surface area contributed by atoms with Crippen LogP contribution >= 0.6 is 0 Å². The Morgan fingerprint density at radius 3 is 2.33 bits per heavy atom. The molecule has 2 nitrogen and oxygen atoms in total. The SMILES string of the molecule is CCCCC=CCCCCCCCCOC1CCCCO1. The van der Waals surface area contributed by atoms with Gasteiger partial charge in [-0.1, -0.05) is 57.6 Å². The van der Waals surface area contributed by atoms with Crippen LogP contribution in [0.2, 0.25) is 0 Å². The van der Waals surface area contributed by atoms with E-state index in [1.807, 2.05) is 0 Å². The maximum absolute atomic E-state index is 5.74. The number of unbranched alkanes of at least 4 members (excludes halogenated alkanes) is 8. The van der Waals surface area contributed by atoms with Crippen molar-refractivity contribution in [1.29, 1.82) is 0 Å². The van der Waals surface area contributed by atoms with Gasteiger partial charge in [-0.25, -0.2) is 0 Å². The van der Waals surface area contributed by atoms with Crippen LogP contribution in [0.25, 0.3) is 0 Å². The van der Waals surface area contributed by atoms with Crippen molar-refractivity contribution in [3.63, 3.8) is 0 Å². The zero-order valence-corrected chi connectivity index (χ0v) is 14.2. The lowest BCUT2D eigenvalue weighted by Crippen LogP contribution is -2.22. The monoisotopic (exact) mass is 296 g/mol. The van der Waals surface area contributed by atoms with Gasteiger partial charge in [-0.2, -0.15) is 0 Å². The second-order valence-corrected chi connectivity index (χ2v) is 6.19. The van der Waals surface area contributed by atoms with Gasteiger partial charge < -0.3 is 9.47 Å². The van der Waals surface area contributed by atoms with Gasteiger partial charge in [0.1, 0.15) is 0 Å². The Bertz CT molecular complexity index is 232. The van der Waals surface area contributed by atoms with Gasteiger partial charge in [0.05, 0.1) is 0 Å². The van der Waals surface area contributed by atoms with Crippen molar-refractivity contribution in [2.24, 2.45) is 0 Å². The Balaban J connectivity index is 1.73. The number of rotatable bonds is 13. The van der Waals surface area contributed by atoms with E-state index in [9.17, 15) is 0 Å². The highest BCUT2D eigenvalue weighted by Crippen LogP contribution is 2.14. The van der Waals surface area contributed by atoms with Crippen LogP contribution < -0.4 is 0 Å². The molecule has 0 N–H and O–H groups in total. The number of hydrogen-bond acceptors (Lipinski definition) is 2. The molecule has 0 saturated carbocycles. The third-order valence-corrected chi connectivity index (χ3v) is 4.10. The molecule has 1 fully saturated rings. The summed E-state index contributed by atoms with van der Waals surface area (Å²) in [6, 6.07) is 0. The van der Waals surface area contributed by atoms with E-state index < -0.39 is 0 Å². The summed E-state index contributed by atoms with van der Waals surface area (Å²) in [6.07, 6.45) is 21.5. The van der Waals surface area contributed by atoms with Crippen LogP contribution in [0.15, 0.2) is 12.2 Å². The van der Waals surface area contributed by atoms with Crippen molar-refractivity contribution >= 4 is 0 Å². The van der Waals surface area contributed by atoms with Gasteiger partial charge >= 0.3 is 0 Å². The van der Waals surface area contributed by atoms with Crippen LogP contribution in [0.1, 0.15) is 90.4 Å². The van der Waals surface area contributed by atoms with Crippen LogP contribution in [0, 0.1) is 0 Å². The largest absolute Gasteiger partial charge is 0.353 e. The van der Waals surface area contributed by atoms with Crippen molar-refractivity contribution in [2.75, 3.05) is 13.2 Å². The van der Waals surface area contributed by atoms with Crippen LogP contribution in [0.3, 0.4) is 0 Å². The Hall–Kier alpha value is -0.340. The van der Waals surface area contributed by atoms with E-state index in [1.165, 1.54) is 77.0 Å². The highest BCUT2D eigenvalue weighted by Gasteiger charge is 2.13. The molecule has 1 atom stereocenters. The molecule has 0 bridgehead atoms. The second kappa shape index (κ2) is 14.6. The van der Waals surface area contributed by atoms with Gasteiger partial charge in [-0.05, 0) is 44.9 Å². The Labute approximate surface area is 132 Å². The predicted octanol–water partition coefficient (Wildman–Crippen LogP) is 6.01. The molecule has 0 amide bonds. The van der Waals surface area contributed by atoms with Crippen LogP contribution in [-0.2, 0) is 9.47 Å². The first-order chi connectivity index (χ1) is 10.4. The van der Waals surface area contributed by atoms with E-state index in [1.54, 1.807) is 0 Å². The zero-order chi connectivity index (χ0) is 15.0. The van der Waals surface area contributed by atoms with Gasteiger partial charge in [0.25, 0.3) is 0 Å². The minimum atomic E-state index is 0.0956. The van der Waals surface area contributed by atoms with Crippen molar-refractivity contribution in [3.05, 3.63) is 12.2 Å². The molecule has 0 aromatic rings. The highest BCUT2D eigenvalue weighted by atomic mass is 16.7. The third-order valence-electron chi connectivity index (χ3n) is 4.10. The standard InChI is InChI=1S/C19H36O2/c1-2-3-4-5-6-7-8-9-10-11-12-14-17-20-19-16-13-15-18-21-19/h5-6,19H,2-4,7-18H2,1H3. The fourth-order valence-corrected chi connectivity index (χ4v) is 2.69. The molecule has 124 valence electrons. The molecule has 1 rings (SSSR count). The molecule has 1 unspecified atom stereocenters. The molecule has 1 aliphatic heterocycles. The Kier molecular flexibility index (Phi) is 13.0. The first-order valence-corrected chi connectivity index (χ1v) is 9.31. The molecule has 1 heterocycles. The number of hydrogen-bond donors (Lipinski definition) is 0. The molecule has 0 aliphatic carbocycles. The average molecular weight is 296 g/mol. The van der Waals surface area contributed by atoms with Crippen LogP contribution in [-0.4, -0.2) is 19.5 Å². The Morgan fingerprint density at radius 1 is 0.905 bits per heavy atom. The lowest BCUT2D eigenvalue weighted by atomic mass is 10.1. The van der Waals surface area contributed by atoms with Crippen LogP contribution in [0.4, 0.5) is 0 Å². The summed E-state index contributed by atoms with van der Waals surface area (Å²) in [6.45, 7) is 4.02. The fraction of sp³-hybridized carbons (Fsp3) is 0.895. The van der Waals surface area contributed by atoms with Crippen molar-refractivity contribution in [2.45, 2.75) is 96.7 Å². The summed E-state index contributed by atoms with van der Waals surface area (Å²) in [7, 11) is 0. The van der Waals surface area contributed by atoms with E-state index in [0.717, 1.165) is 19.6 Å². The van der Waals surface area contributed by atoms with Crippen molar-refractivity contribution in [3.8, 4) is 0 Å². The van der Waals surface area contributed by atoms with E-state index in [4.69, 9.17) is 9.47 Å². The summed E-state index contributed by atoms with van der Waals surface area (Å²) >= 11 is 0. The summed E-state index contributed by atoms with van der Waals surface area (Å²) < 4.78 is 11.3. The molecule has 0 aromatic carbocycles.